The van der Waals surface area contributed by atoms with Crippen LogP contribution in [-0.4, -0.2) is 56.7 Å². The van der Waals surface area contributed by atoms with Crippen molar-refractivity contribution >= 4 is 11.6 Å². The predicted molar refractivity (Wildman–Crippen MR) is 124 cm³/mol. The molecule has 1 fully saturated rings. The summed E-state index contributed by atoms with van der Waals surface area (Å²) in [7, 11) is 3.99. The average Bonchev–Trinajstić information content (AvgIpc) is 2.78. The first-order valence-corrected chi connectivity index (χ1v) is 10.7. The maximum absolute atomic E-state index is 4.44. The Balaban J connectivity index is 1.40. The zero-order valence-electron chi connectivity index (χ0n) is 18.0. The van der Waals surface area contributed by atoms with Gasteiger partial charge in [-0.15, -0.1) is 0 Å². The molecule has 2 aromatic rings. The van der Waals surface area contributed by atoms with E-state index in [4.69, 9.17) is 0 Å². The molecule has 5 heteroatoms. The van der Waals surface area contributed by atoms with Gasteiger partial charge >= 0.3 is 0 Å². The van der Waals surface area contributed by atoms with E-state index in [-0.39, 0.29) is 0 Å². The van der Waals surface area contributed by atoms with Crippen molar-refractivity contribution in [2.24, 2.45) is 4.99 Å². The number of anilines is 1. The van der Waals surface area contributed by atoms with E-state index in [2.05, 4.69) is 100 Å². The van der Waals surface area contributed by atoms with E-state index in [1.54, 1.807) is 0 Å². The molecule has 0 spiro atoms. The van der Waals surface area contributed by atoms with Gasteiger partial charge in [0.15, 0.2) is 5.96 Å². The molecule has 1 unspecified atom stereocenters. The molecule has 2 N–H and O–H groups in total. The van der Waals surface area contributed by atoms with Crippen LogP contribution in [0.3, 0.4) is 0 Å². The van der Waals surface area contributed by atoms with Crippen LogP contribution in [0.1, 0.15) is 25.3 Å². The van der Waals surface area contributed by atoms with Gasteiger partial charge in [0, 0.05) is 58.0 Å². The maximum Gasteiger partial charge on any atom is 0.191 e. The van der Waals surface area contributed by atoms with Crippen LogP contribution in [0.15, 0.2) is 65.7 Å². The van der Waals surface area contributed by atoms with Gasteiger partial charge in [-0.05, 0) is 37.5 Å². The third-order valence-electron chi connectivity index (χ3n) is 5.79. The third kappa shape index (κ3) is 6.50. The predicted octanol–water partition coefficient (Wildman–Crippen LogP) is 3.34. The summed E-state index contributed by atoms with van der Waals surface area (Å²) in [6.45, 7) is 6.37. The van der Waals surface area contributed by atoms with Crippen molar-refractivity contribution in [1.82, 2.24) is 15.5 Å². The van der Waals surface area contributed by atoms with Gasteiger partial charge in [0.25, 0.3) is 0 Å². The number of likely N-dealkylation sites (N-methyl/N-ethyl adjacent to an activating group) is 1. The molecule has 0 aromatic heterocycles. The second kappa shape index (κ2) is 10.9. The van der Waals surface area contributed by atoms with E-state index in [9.17, 15) is 0 Å². The van der Waals surface area contributed by atoms with E-state index in [1.807, 2.05) is 7.05 Å². The fourth-order valence-corrected chi connectivity index (χ4v) is 3.76. The third-order valence-corrected chi connectivity index (χ3v) is 5.79. The molecule has 2 aromatic carbocycles. The number of likely N-dealkylation sites (tertiary alicyclic amines) is 1. The normalized spacial score (nSPS) is 17.0. The van der Waals surface area contributed by atoms with Gasteiger partial charge in [0.2, 0.25) is 0 Å². The second-order valence-corrected chi connectivity index (χ2v) is 7.93. The van der Waals surface area contributed by atoms with Gasteiger partial charge in [-0.3, -0.25) is 9.89 Å². The van der Waals surface area contributed by atoms with Crippen molar-refractivity contribution in [2.75, 3.05) is 38.6 Å². The van der Waals surface area contributed by atoms with Gasteiger partial charge in [0.05, 0.1) is 0 Å². The van der Waals surface area contributed by atoms with Crippen molar-refractivity contribution in [3.8, 4) is 0 Å². The SMILES string of the molecule is CN=C(NCC(C)N(C)c1ccccc1)NC1CCN(Cc2ccccc2)CC1. The Morgan fingerprint density at radius 2 is 1.69 bits per heavy atom. The lowest BCUT2D eigenvalue weighted by Crippen LogP contribution is -2.50. The van der Waals surface area contributed by atoms with E-state index in [0.717, 1.165) is 45.0 Å². The topological polar surface area (TPSA) is 42.9 Å². The summed E-state index contributed by atoms with van der Waals surface area (Å²) in [4.78, 5) is 9.27. The molecule has 0 saturated carbocycles. The van der Waals surface area contributed by atoms with Crippen molar-refractivity contribution in [1.29, 1.82) is 0 Å². The molecule has 0 amide bonds. The Labute approximate surface area is 175 Å². The van der Waals surface area contributed by atoms with Gasteiger partial charge in [0.1, 0.15) is 0 Å². The van der Waals surface area contributed by atoms with Crippen molar-refractivity contribution in [2.45, 2.75) is 38.4 Å². The first-order valence-electron chi connectivity index (χ1n) is 10.7. The molecule has 1 heterocycles. The number of para-hydroxylation sites is 1. The largest absolute Gasteiger partial charge is 0.370 e. The molecule has 0 radical (unpaired) electrons. The smallest absolute Gasteiger partial charge is 0.191 e. The van der Waals surface area contributed by atoms with Crippen LogP contribution in [0.25, 0.3) is 0 Å². The van der Waals surface area contributed by atoms with E-state index in [0.29, 0.717) is 12.1 Å². The van der Waals surface area contributed by atoms with Crippen LogP contribution in [0, 0.1) is 0 Å². The number of benzene rings is 2. The minimum absolute atomic E-state index is 0.365. The zero-order chi connectivity index (χ0) is 20.5. The number of guanidine groups is 1. The highest BCUT2D eigenvalue weighted by Crippen LogP contribution is 2.15. The van der Waals surface area contributed by atoms with Gasteiger partial charge in [-0.1, -0.05) is 48.5 Å². The lowest BCUT2D eigenvalue weighted by molar-refractivity contribution is 0.198. The van der Waals surface area contributed by atoms with Crippen molar-refractivity contribution in [3.63, 3.8) is 0 Å². The lowest BCUT2D eigenvalue weighted by Gasteiger charge is -2.33. The standard InChI is InChI=1S/C24H35N5/c1-20(28(3)23-12-8-5-9-13-23)18-26-24(25-2)27-22-14-16-29(17-15-22)19-21-10-6-4-7-11-21/h4-13,20,22H,14-19H2,1-3H3,(H2,25,26,27). The highest BCUT2D eigenvalue weighted by atomic mass is 15.2. The van der Waals surface area contributed by atoms with E-state index in [1.165, 1.54) is 11.3 Å². The average molecular weight is 394 g/mol. The molecule has 1 aliphatic heterocycles. The van der Waals surface area contributed by atoms with E-state index >= 15 is 0 Å². The van der Waals surface area contributed by atoms with Crippen LogP contribution in [0.4, 0.5) is 5.69 Å². The molecule has 0 aliphatic carbocycles. The summed E-state index contributed by atoms with van der Waals surface area (Å²) < 4.78 is 0. The monoisotopic (exact) mass is 393 g/mol. The first kappa shape index (κ1) is 21.2. The Hall–Kier alpha value is -2.53. The fourth-order valence-electron chi connectivity index (χ4n) is 3.76. The van der Waals surface area contributed by atoms with Gasteiger partial charge in [-0.2, -0.15) is 0 Å². The summed E-state index contributed by atoms with van der Waals surface area (Å²) >= 11 is 0. The Bertz CT molecular complexity index is 738. The summed E-state index contributed by atoms with van der Waals surface area (Å²) in [6.07, 6.45) is 2.29. The number of piperidine rings is 1. The fraction of sp³-hybridized carbons (Fsp3) is 0.458. The first-order chi connectivity index (χ1) is 14.2. The zero-order valence-corrected chi connectivity index (χ0v) is 18.0. The summed E-state index contributed by atoms with van der Waals surface area (Å²) in [5, 5.41) is 7.12. The highest BCUT2D eigenvalue weighted by Gasteiger charge is 2.20. The minimum atomic E-state index is 0.365. The molecule has 0 bridgehead atoms. The summed E-state index contributed by atoms with van der Waals surface area (Å²) in [5.74, 6) is 0.903. The number of aliphatic imine (C=N–C) groups is 1. The lowest BCUT2D eigenvalue weighted by atomic mass is 10.0. The quantitative estimate of drug-likeness (QED) is 0.559. The molecule has 29 heavy (non-hydrogen) atoms. The van der Waals surface area contributed by atoms with E-state index < -0.39 is 0 Å². The van der Waals surface area contributed by atoms with Crippen molar-refractivity contribution in [3.05, 3.63) is 66.2 Å². The van der Waals surface area contributed by atoms with Crippen LogP contribution in [0.2, 0.25) is 0 Å². The molecular formula is C24H35N5. The van der Waals surface area contributed by atoms with Gasteiger partial charge in [-0.25, -0.2) is 0 Å². The summed E-state index contributed by atoms with van der Waals surface area (Å²) in [6, 6.07) is 22.1. The Kier molecular flexibility index (Phi) is 7.94. The number of rotatable bonds is 7. The van der Waals surface area contributed by atoms with Crippen molar-refractivity contribution < 1.29 is 0 Å². The molecule has 1 aliphatic rings. The van der Waals surface area contributed by atoms with Crippen LogP contribution in [0.5, 0.6) is 0 Å². The van der Waals surface area contributed by atoms with Crippen LogP contribution >= 0.6 is 0 Å². The summed E-state index contributed by atoms with van der Waals surface area (Å²) in [5.41, 5.74) is 2.63. The van der Waals surface area contributed by atoms with Crippen LogP contribution in [-0.2, 0) is 6.54 Å². The Morgan fingerprint density at radius 3 is 2.31 bits per heavy atom. The van der Waals surface area contributed by atoms with Gasteiger partial charge < -0.3 is 15.5 Å². The van der Waals surface area contributed by atoms with Crippen LogP contribution < -0.4 is 15.5 Å². The molecule has 1 atom stereocenters. The number of hydrogen-bond donors (Lipinski definition) is 2. The number of hydrogen-bond acceptors (Lipinski definition) is 3. The molecule has 1 saturated heterocycles. The molecule has 156 valence electrons. The number of nitrogens with zero attached hydrogens (tertiary/aromatic N) is 3. The second-order valence-electron chi connectivity index (χ2n) is 7.93. The Morgan fingerprint density at radius 1 is 1.07 bits per heavy atom. The minimum Gasteiger partial charge on any atom is -0.370 e. The highest BCUT2D eigenvalue weighted by molar-refractivity contribution is 5.80. The maximum atomic E-state index is 4.44. The molecular weight excluding hydrogens is 358 g/mol. The molecule has 5 nitrogen and oxygen atoms in total. The number of nitrogens with one attached hydrogen (secondary N) is 2. The molecule has 3 rings (SSSR count).